The van der Waals surface area contributed by atoms with Crippen molar-refractivity contribution in [2.45, 2.75) is 12.0 Å². The van der Waals surface area contributed by atoms with Gasteiger partial charge in [-0.1, -0.05) is 133 Å². The van der Waals surface area contributed by atoms with Gasteiger partial charge in [0.15, 0.2) is 17.5 Å². The van der Waals surface area contributed by atoms with Crippen LogP contribution in [0.1, 0.15) is 17.3 Å². The van der Waals surface area contributed by atoms with Crippen LogP contribution in [0.2, 0.25) is 0 Å². The van der Waals surface area contributed by atoms with Crippen LogP contribution in [0, 0.1) is 0 Å². The molecule has 6 aromatic carbocycles. The van der Waals surface area contributed by atoms with Crippen LogP contribution in [-0.2, 0) is 0 Å². The first-order chi connectivity index (χ1) is 22.3. The fourth-order valence-corrected chi connectivity index (χ4v) is 6.76. The van der Waals surface area contributed by atoms with Crippen molar-refractivity contribution in [1.82, 2.24) is 15.0 Å². The van der Waals surface area contributed by atoms with Crippen LogP contribution >= 0.6 is 0 Å². The Morgan fingerprint density at radius 1 is 0.511 bits per heavy atom. The lowest BCUT2D eigenvalue weighted by Crippen LogP contribution is -2.20. The lowest BCUT2D eigenvalue weighted by atomic mass is 9.84. The molecule has 1 aliphatic heterocycles. The summed E-state index contributed by atoms with van der Waals surface area (Å²) in [6, 6.07) is 46.4. The molecule has 212 valence electrons. The molecule has 0 bridgehead atoms. The maximum Gasteiger partial charge on any atom is 0.164 e. The molecule has 0 radical (unpaired) electrons. The lowest BCUT2D eigenvalue weighted by Gasteiger charge is -2.22. The van der Waals surface area contributed by atoms with Crippen LogP contribution in [0.5, 0.6) is 5.75 Å². The first-order valence-corrected chi connectivity index (χ1v) is 15.3. The summed E-state index contributed by atoms with van der Waals surface area (Å²) in [6.45, 7) is 0. The zero-order valence-electron chi connectivity index (χ0n) is 24.3. The molecule has 4 nitrogen and oxygen atoms in total. The third-order valence-electron chi connectivity index (χ3n) is 8.91. The van der Waals surface area contributed by atoms with Crippen molar-refractivity contribution >= 4 is 27.1 Å². The maximum atomic E-state index is 6.36. The van der Waals surface area contributed by atoms with Gasteiger partial charge in [-0.25, -0.2) is 15.0 Å². The Balaban J connectivity index is 1.27. The highest BCUT2D eigenvalue weighted by molar-refractivity contribution is 6.08. The lowest BCUT2D eigenvalue weighted by molar-refractivity contribution is 0.271. The Bertz CT molecular complexity index is 2320. The highest BCUT2D eigenvalue weighted by Crippen LogP contribution is 2.47. The number of rotatable bonds is 4. The molecule has 4 heteroatoms. The molecule has 2 atom stereocenters. The number of hydrogen-bond donors (Lipinski definition) is 0. The smallest absolute Gasteiger partial charge is 0.164 e. The number of aromatic nitrogens is 3. The van der Waals surface area contributed by atoms with Crippen LogP contribution in [0.15, 0.2) is 152 Å². The molecule has 0 saturated heterocycles. The molecule has 2 heterocycles. The Hall–Kier alpha value is -5.87. The minimum atomic E-state index is -0.102. The first-order valence-electron chi connectivity index (χ1n) is 15.3. The Morgan fingerprint density at radius 2 is 1.20 bits per heavy atom. The van der Waals surface area contributed by atoms with Gasteiger partial charge >= 0.3 is 0 Å². The molecule has 1 aliphatic carbocycles. The molecule has 7 aromatic rings. The van der Waals surface area contributed by atoms with Crippen LogP contribution in [0.3, 0.4) is 0 Å². The summed E-state index contributed by atoms with van der Waals surface area (Å²) >= 11 is 0. The standard InChI is InChI=1S/C41H27N3O/c1-2-11-26(12-3-1)30-14-6-7-16-32(30)40-42-39(29-24-23-28-22-21-27-13-4-5-15-31(27)35(28)25-29)43-41(44-40)34-18-10-20-37-38(34)33-17-8-9-19-36(33)45-37/h1-25,37-38H. The van der Waals surface area contributed by atoms with E-state index in [-0.39, 0.29) is 12.0 Å². The molecule has 2 aliphatic rings. The normalized spacial score (nSPS) is 16.7. The van der Waals surface area contributed by atoms with Gasteiger partial charge in [-0.2, -0.15) is 0 Å². The van der Waals surface area contributed by atoms with E-state index in [1.807, 2.05) is 24.3 Å². The fourth-order valence-electron chi connectivity index (χ4n) is 6.76. The van der Waals surface area contributed by atoms with Crippen molar-refractivity contribution in [2.24, 2.45) is 0 Å². The molecular weight excluding hydrogens is 550 g/mol. The van der Waals surface area contributed by atoms with Gasteiger partial charge in [-0.3, -0.25) is 0 Å². The van der Waals surface area contributed by atoms with E-state index >= 15 is 0 Å². The second-order valence-corrected chi connectivity index (χ2v) is 11.5. The average Bonchev–Trinajstić information content (AvgIpc) is 3.50. The van der Waals surface area contributed by atoms with Crippen molar-refractivity contribution in [2.75, 3.05) is 0 Å². The van der Waals surface area contributed by atoms with Crippen molar-refractivity contribution < 1.29 is 4.74 Å². The first kappa shape index (κ1) is 25.6. The molecule has 0 amide bonds. The monoisotopic (exact) mass is 577 g/mol. The summed E-state index contributed by atoms with van der Waals surface area (Å²) in [5.41, 5.74) is 6.30. The highest BCUT2D eigenvalue weighted by Gasteiger charge is 2.38. The number of hydrogen-bond acceptors (Lipinski definition) is 4. The third-order valence-corrected chi connectivity index (χ3v) is 8.91. The zero-order valence-corrected chi connectivity index (χ0v) is 24.3. The third kappa shape index (κ3) is 4.34. The van der Waals surface area contributed by atoms with E-state index in [1.54, 1.807) is 0 Å². The summed E-state index contributed by atoms with van der Waals surface area (Å²) in [7, 11) is 0. The molecule has 0 saturated carbocycles. The van der Waals surface area contributed by atoms with Crippen molar-refractivity contribution in [3.8, 4) is 39.7 Å². The summed E-state index contributed by atoms with van der Waals surface area (Å²) in [5, 5.41) is 4.78. The molecule has 0 fully saturated rings. The van der Waals surface area contributed by atoms with Gasteiger partial charge in [-0.05, 0) is 50.9 Å². The molecule has 0 N–H and O–H groups in total. The minimum absolute atomic E-state index is 0.000728. The number of benzene rings is 6. The van der Waals surface area contributed by atoms with Crippen LogP contribution < -0.4 is 4.74 Å². The van der Waals surface area contributed by atoms with Crippen LogP contribution in [0.25, 0.3) is 61.0 Å². The molecule has 9 rings (SSSR count). The van der Waals surface area contributed by atoms with Crippen molar-refractivity contribution in [3.05, 3.63) is 163 Å². The van der Waals surface area contributed by atoms with E-state index in [1.165, 1.54) is 21.5 Å². The quantitative estimate of drug-likeness (QED) is 0.195. The summed E-state index contributed by atoms with van der Waals surface area (Å²) in [6.07, 6.45) is 6.21. The van der Waals surface area contributed by atoms with E-state index in [2.05, 4.69) is 127 Å². The molecule has 2 unspecified atom stereocenters. The van der Waals surface area contributed by atoms with Gasteiger partial charge in [0.2, 0.25) is 0 Å². The second kappa shape index (κ2) is 10.4. The van der Waals surface area contributed by atoms with Crippen LogP contribution in [-0.4, -0.2) is 21.1 Å². The molecule has 0 spiro atoms. The number of ether oxygens (including phenoxy) is 1. The van der Waals surface area contributed by atoms with E-state index in [0.29, 0.717) is 17.5 Å². The minimum Gasteiger partial charge on any atom is -0.485 e. The number of para-hydroxylation sites is 1. The molecular formula is C41H27N3O. The van der Waals surface area contributed by atoms with E-state index in [4.69, 9.17) is 19.7 Å². The SMILES string of the molecule is C1=CC2Oc3ccccc3C2C(c2nc(-c3ccc4ccc5ccccc5c4c3)nc(-c3ccccc3-c3ccccc3)n2)=C1. The Kier molecular flexibility index (Phi) is 5.91. The average molecular weight is 578 g/mol. The Morgan fingerprint density at radius 3 is 2.11 bits per heavy atom. The van der Waals surface area contributed by atoms with E-state index in [9.17, 15) is 0 Å². The number of nitrogens with zero attached hydrogens (tertiary/aromatic N) is 3. The van der Waals surface area contributed by atoms with Crippen LogP contribution in [0.4, 0.5) is 0 Å². The Labute approximate surface area is 261 Å². The maximum absolute atomic E-state index is 6.36. The van der Waals surface area contributed by atoms with Gasteiger partial charge in [0.05, 0.1) is 5.92 Å². The number of allylic oxidation sites excluding steroid dienone is 2. The van der Waals surface area contributed by atoms with Gasteiger partial charge in [-0.15, -0.1) is 0 Å². The van der Waals surface area contributed by atoms with Gasteiger partial charge in [0, 0.05) is 22.3 Å². The predicted molar refractivity (Wildman–Crippen MR) is 182 cm³/mol. The summed E-state index contributed by atoms with van der Waals surface area (Å²) in [4.78, 5) is 15.6. The van der Waals surface area contributed by atoms with Crippen molar-refractivity contribution in [3.63, 3.8) is 0 Å². The zero-order chi connectivity index (χ0) is 29.7. The second-order valence-electron chi connectivity index (χ2n) is 11.5. The topological polar surface area (TPSA) is 47.9 Å². The van der Waals surface area contributed by atoms with Gasteiger partial charge < -0.3 is 4.74 Å². The summed E-state index contributed by atoms with van der Waals surface area (Å²) in [5.74, 6) is 2.86. The number of fused-ring (bicyclic) bond motifs is 6. The predicted octanol–water partition coefficient (Wildman–Crippen LogP) is 9.68. The highest BCUT2D eigenvalue weighted by atomic mass is 16.5. The van der Waals surface area contributed by atoms with Crippen molar-refractivity contribution in [1.29, 1.82) is 0 Å². The van der Waals surface area contributed by atoms with E-state index < -0.39 is 0 Å². The van der Waals surface area contributed by atoms with Gasteiger partial charge in [0.25, 0.3) is 0 Å². The van der Waals surface area contributed by atoms with E-state index in [0.717, 1.165) is 39.1 Å². The molecule has 1 aromatic heterocycles. The summed E-state index contributed by atoms with van der Waals surface area (Å²) < 4.78 is 6.36. The molecule has 45 heavy (non-hydrogen) atoms. The largest absolute Gasteiger partial charge is 0.485 e. The van der Waals surface area contributed by atoms with Gasteiger partial charge in [0.1, 0.15) is 11.9 Å². The fraction of sp³-hybridized carbons (Fsp3) is 0.0488.